The van der Waals surface area contributed by atoms with E-state index in [1.54, 1.807) is 0 Å². The molecule has 0 spiro atoms. The summed E-state index contributed by atoms with van der Waals surface area (Å²) in [6.07, 6.45) is 8.42. The Labute approximate surface area is 195 Å². The molecule has 33 heavy (non-hydrogen) atoms. The van der Waals surface area contributed by atoms with E-state index in [9.17, 15) is 9.90 Å². The van der Waals surface area contributed by atoms with Gasteiger partial charge in [0.1, 0.15) is 0 Å². The molecule has 2 heterocycles. The lowest BCUT2D eigenvalue weighted by Gasteiger charge is -2.32. The maximum atomic E-state index is 13.0. The first-order valence-corrected chi connectivity index (χ1v) is 12.4. The summed E-state index contributed by atoms with van der Waals surface area (Å²) in [5.74, 6) is 0.884. The van der Waals surface area contributed by atoms with Crippen LogP contribution in [0.25, 0.3) is 10.9 Å². The average molecular weight is 453 g/mol. The summed E-state index contributed by atoms with van der Waals surface area (Å²) in [7, 11) is 0. The van der Waals surface area contributed by atoms with Crippen molar-refractivity contribution >= 4 is 10.9 Å². The van der Waals surface area contributed by atoms with Gasteiger partial charge in [-0.1, -0.05) is 50.8 Å². The Balaban J connectivity index is 1.68. The smallest absolute Gasteiger partial charge is 0.252 e. The molecular formula is C25H36N6O2. The monoisotopic (exact) mass is 452 g/mol. The van der Waals surface area contributed by atoms with Gasteiger partial charge in [0.2, 0.25) is 0 Å². The Morgan fingerprint density at radius 1 is 1.27 bits per heavy atom. The molecule has 178 valence electrons. The SMILES string of the molecule is CCC[C@H](c1nnnn1C1CCCCC1)N(CCCO)Cc1cc2cccc(C)c2[nH]c1=O. The lowest BCUT2D eigenvalue weighted by molar-refractivity contribution is 0.143. The summed E-state index contributed by atoms with van der Waals surface area (Å²) in [4.78, 5) is 18.4. The maximum absolute atomic E-state index is 13.0. The summed E-state index contributed by atoms with van der Waals surface area (Å²) >= 11 is 0. The van der Waals surface area contributed by atoms with Gasteiger partial charge in [-0.05, 0) is 60.0 Å². The molecule has 3 aromatic rings. The quantitative estimate of drug-likeness (QED) is 0.481. The number of para-hydroxylation sites is 1. The second-order valence-electron chi connectivity index (χ2n) is 9.29. The fourth-order valence-corrected chi connectivity index (χ4v) is 5.14. The van der Waals surface area contributed by atoms with E-state index >= 15 is 0 Å². The molecule has 0 aliphatic heterocycles. The van der Waals surface area contributed by atoms with E-state index in [0.717, 1.165) is 53.5 Å². The zero-order valence-electron chi connectivity index (χ0n) is 19.8. The van der Waals surface area contributed by atoms with Gasteiger partial charge in [0.25, 0.3) is 5.56 Å². The lowest BCUT2D eigenvalue weighted by atomic mass is 9.95. The van der Waals surface area contributed by atoms with Crippen molar-refractivity contribution in [1.29, 1.82) is 0 Å². The molecule has 0 radical (unpaired) electrons. The van der Waals surface area contributed by atoms with Crippen LogP contribution in [0.3, 0.4) is 0 Å². The van der Waals surface area contributed by atoms with Crippen LogP contribution in [0.2, 0.25) is 0 Å². The van der Waals surface area contributed by atoms with E-state index < -0.39 is 0 Å². The number of aromatic nitrogens is 5. The van der Waals surface area contributed by atoms with Crippen LogP contribution < -0.4 is 5.56 Å². The first-order valence-electron chi connectivity index (χ1n) is 12.4. The van der Waals surface area contributed by atoms with Crippen molar-refractivity contribution < 1.29 is 5.11 Å². The van der Waals surface area contributed by atoms with Crippen molar-refractivity contribution in [2.75, 3.05) is 13.2 Å². The highest BCUT2D eigenvalue weighted by atomic mass is 16.3. The Bertz CT molecular complexity index is 1100. The van der Waals surface area contributed by atoms with Crippen LogP contribution in [0.1, 0.15) is 87.3 Å². The molecule has 1 aliphatic carbocycles. The third-order valence-electron chi connectivity index (χ3n) is 6.88. The van der Waals surface area contributed by atoms with Crippen LogP contribution in [0, 0.1) is 6.92 Å². The number of aryl methyl sites for hydroxylation is 1. The molecule has 1 fully saturated rings. The number of hydrogen-bond acceptors (Lipinski definition) is 6. The van der Waals surface area contributed by atoms with Crippen molar-refractivity contribution in [3.8, 4) is 0 Å². The average Bonchev–Trinajstić information content (AvgIpc) is 3.31. The van der Waals surface area contributed by atoms with Gasteiger partial charge < -0.3 is 10.1 Å². The van der Waals surface area contributed by atoms with Crippen LogP contribution in [-0.4, -0.2) is 48.3 Å². The van der Waals surface area contributed by atoms with E-state index in [1.165, 1.54) is 19.3 Å². The first-order chi connectivity index (χ1) is 16.1. The molecule has 1 aromatic carbocycles. The number of rotatable bonds is 10. The highest BCUT2D eigenvalue weighted by molar-refractivity contribution is 5.81. The number of aliphatic hydroxyl groups excluding tert-OH is 1. The fraction of sp³-hybridized carbons (Fsp3) is 0.600. The van der Waals surface area contributed by atoms with E-state index in [1.807, 2.05) is 35.9 Å². The van der Waals surface area contributed by atoms with Crippen LogP contribution in [0.15, 0.2) is 29.1 Å². The van der Waals surface area contributed by atoms with Crippen LogP contribution >= 0.6 is 0 Å². The minimum absolute atomic E-state index is 0.00826. The number of nitrogens with zero attached hydrogens (tertiary/aromatic N) is 5. The van der Waals surface area contributed by atoms with Gasteiger partial charge in [0, 0.05) is 25.3 Å². The molecule has 1 saturated carbocycles. The number of H-pyrrole nitrogens is 1. The molecule has 0 saturated heterocycles. The Kier molecular flexibility index (Phi) is 7.88. The second kappa shape index (κ2) is 11.0. The van der Waals surface area contributed by atoms with Gasteiger partial charge in [0.05, 0.1) is 17.6 Å². The van der Waals surface area contributed by atoms with Gasteiger partial charge in [-0.15, -0.1) is 5.10 Å². The first kappa shape index (κ1) is 23.6. The minimum atomic E-state index is -0.0621. The maximum Gasteiger partial charge on any atom is 0.252 e. The summed E-state index contributed by atoms with van der Waals surface area (Å²) in [5.41, 5.74) is 2.61. The van der Waals surface area contributed by atoms with Crippen molar-refractivity contribution in [1.82, 2.24) is 30.1 Å². The molecule has 8 nitrogen and oxygen atoms in total. The number of fused-ring (bicyclic) bond motifs is 1. The van der Waals surface area contributed by atoms with Crippen LogP contribution in [-0.2, 0) is 6.54 Å². The molecule has 4 rings (SSSR count). The van der Waals surface area contributed by atoms with E-state index in [2.05, 4.69) is 32.3 Å². The highest BCUT2D eigenvalue weighted by Crippen LogP contribution is 2.32. The predicted molar refractivity (Wildman–Crippen MR) is 129 cm³/mol. The van der Waals surface area contributed by atoms with Gasteiger partial charge in [-0.3, -0.25) is 9.69 Å². The van der Waals surface area contributed by atoms with Gasteiger partial charge in [-0.25, -0.2) is 4.68 Å². The molecule has 2 N–H and O–H groups in total. The Morgan fingerprint density at radius 3 is 2.85 bits per heavy atom. The van der Waals surface area contributed by atoms with Crippen molar-refractivity contribution in [3.05, 3.63) is 51.6 Å². The zero-order chi connectivity index (χ0) is 23.2. The fourth-order valence-electron chi connectivity index (χ4n) is 5.14. The second-order valence-corrected chi connectivity index (χ2v) is 9.29. The predicted octanol–water partition coefficient (Wildman–Crippen LogP) is 4.05. The minimum Gasteiger partial charge on any atom is -0.396 e. The molecule has 0 unspecified atom stereocenters. The van der Waals surface area contributed by atoms with E-state index in [4.69, 9.17) is 0 Å². The van der Waals surface area contributed by atoms with Gasteiger partial charge >= 0.3 is 0 Å². The van der Waals surface area contributed by atoms with Gasteiger partial charge in [0.15, 0.2) is 5.82 Å². The Morgan fingerprint density at radius 2 is 2.09 bits per heavy atom. The lowest BCUT2D eigenvalue weighted by Crippen LogP contribution is -2.34. The molecule has 1 aliphatic rings. The number of aromatic amines is 1. The molecule has 2 aromatic heterocycles. The van der Waals surface area contributed by atoms with E-state index in [-0.39, 0.29) is 18.2 Å². The number of benzene rings is 1. The van der Waals surface area contributed by atoms with Crippen LogP contribution in [0.4, 0.5) is 0 Å². The molecular weight excluding hydrogens is 416 g/mol. The summed E-state index contributed by atoms with van der Waals surface area (Å²) in [6, 6.07) is 8.39. The normalized spacial score (nSPS) is 16.0. The number of aliphatic hydroxyl groups is 1. The third-order valence-corrected chi connectivity index (χ3v) is 6.88. The van der Waals surface area contributed by atoms with Crippen molar-refractivity contribution in [2.45, 2.75) is 83.8 Å². The summed E-state index contributed by atoms with van der Waals surface area (Å²) in [5, 5.41) is 23.5. The third kappa shape index (κ3) is 5.33. The number of tetrazole rings is 1. The largest absolute Gasteiger partial charge is 0.396 e. The van der Waals surface area contributed by atoms with Crippen molar-refractivity contribution in [2.24, 2.45) is 0 Å². The topological polar surface area (TPSA) is 99.9 Å². The number of pyridine rings is 1. The summed E-state index contributed by atoms with van der Waals surface area (Å²) in [6.45, 7) is 5.44. The molecule has 1 atom stereocenters. The standard InChI is InChI=1S/C25H36N6O2/c1-3-9-22(24-27-28-29-31(24)21-12-5-4-6-13-21)30(14-8-15-32)17-20-16-19-11-7-10-18(2)23(19)26-25(20)33/h7,10-11,16,21-22,32H,3-6,8-9,12-15,17H2,1-2H3,(H,26,33)/t22-/m1/s1. The molecule has 0 bridgehead atoms. The van der Waals surface area contributed by atoms with E-state index in [0.29, 0.717) is 25.6 Å². The summed E-state index contributed by atoms with van der Waals surface area (Å²) < 4.78 is 2.04. The Hall–Kier alpha value is -2.58. The van der Waals surface area contributed by atoms with Crippen molar-refractivity contribution in [3.63, 3.8) is 0 Å². The zero-order valence-corrected chi connectivity index (χ0v) is 19.8. The number of nitrogens with one attached hydrogen (secondary N) is 1. The number of hydrogen-bond donors (Lipinski definition) is 2. The highest BCUT2D eigenvalue weighted by Gasteiger charge is 2.29. The van der Waals surface area contributed by atoms with Gasteiger partial charge in [-0.2, -0.15) is 0 Å². The van der Waals surface area contributed by atoms with Crippen LogP contribution in [0.5, 0.6) is 0 Å². The molecule has 8 heteroatoms. The molecule has 0 amide bonds.